The van der Waals surface area contributed by atoms with Crippen LogP contribution in [-0.4, -0.2) is 51.7 Å². The van der Waals surface area contributed by atoms with Crippen molar-refractivity contribution >= 4 is 27.8 Å². The van der Waals surface area contributed by atoms with Gasteiger partial charge in [0.2, 0.25) is 10.4 Å². The second-order valence-electron chi connectivity index (χ2n) is 6.19. The van der Waals surface area contributed by atoms with Crippen LogP contribution in [-0.2, 0) is 21.7 Å². The first-order chi connectivity index (χ1) is 12.3. The third-order valence-corrected chi connectivity index (χ3v) is 5.86. The molecule has 2 fully saturated rings. The normalized spacial score (nSPS) is 22.9. The summed E-state index contributed by atoms with van der Waals surface area (Å²) in [7, 11) is -3.08. The van der Waals surface area contributed by atoms with E-state index in [0.29, 0.717) is 22.9 Å². The summed E-state index contributed by atoms with van der Waals surface area (Å²) >= 11 is 1.39. The second kappa shape index (κ2) is 6.23. The smallest absolute Gasteiger partial charge is 0.346 e. The van der Waals surface area contributed by atoms with Crippen LogP contribution in [0.1, 0.15) is 23.9 Å². The van der Waals surface area contributed by atoms with E-state index in [9.17, 15) is 17.8 Å². The predicted octanol–water partition coefficient (Wildman–Crippen LogP) is 0.363. The molecule has 2 unspecified atom stereocenters. The van der Waals surface area contributed by atoms with Crippen molar-refractivity contribution in [1.29, 1.82) is 0 Å². The van der Waals surface area contributed by atoms with Crippen molar-refractivity contribution < 1.29 is 26.6 Å². The first-order valence-electron chi connectivity index (χ1n) is 7.86. The van der Waals surface area contributed by atoms with Crippen molar-refractivity contribution in [1.82, 2.24) is 20.2 Å². The van der Waals surface area contributed by atoms with Crippen molar-refractivity contribution in [2.75, 3.05) is 6.54 Å². The molecule has 138 valence electrons. The number of aryl methyl sites for hydroxylation is 1. The Balaban J connectivity index is 1.57. The Hall–Kier alpha value is -2.15. The van der Waals surface area contributed by atoms with E-state index in [-0.39, 0.29) is 12.6 Å². The third kappa shape index (κ3) is 3.16. The van der Waals surface area contributed by atoms with E-state index in [4.69, 9.17) is 0 Å². The lowest BCUT2D eigenvalue weighted by molar-refractivity contribution is -0.671. The number of hydrogen-bond acceptors (Lipinski definition) is 8. The van der Waals surface area contributed by atoms with E-state index in [1.165, 1.54) is 16.2 Å². The fraction of sp³-hybridized carbons (Fsp3) is 0.429. The number of hydrogen-bond donors (Lipinski definition) is 0. The molecule has 2 aromatic rings. The van der Waals surface area contributed by atoms with Gasteiger partial charge in [0.1, 0.15) is 17.1 Å². The summed E-state index contributed by atoms with van der Waals surface area (Å²) in [5.74, 6) is 0. The predicted molar refractivity (Wildman–Crippen MR) is 87.0 cm³/mol. The lowest BCUT2D eigenvalue weighted by atomic mass is 10.0. The summed E-state index contributed by atoms with van der Waals surface area (Å²) in [6.07, 6.45) is 4.92. The van der Waals surface area contributed by atoms with Crippen LogP contribution in [0.25, 0.3) is 10.6 Å². The maximum atomic E-state index is 12.4. The molecule has 0 saturated carbocycles. The minimum atomic E-state index is -5.00. The fourth-order valence-electron chi connectivity index (χ4n) is 3.21. The molecule has 2 aliphatic heterocycles. The largest absolute Gasteiger partial charge is 0.724 e. The number of pyridine rings is 1. The van der Waals surface area contributed by atoms with Crippen LogP contribution in [0.4, 0.5) is 4.79 Å². The van der Waals surface area contributed by atoms with Crippen LogP contribution in [0, 0.1) is 0 Å². The van der Waals surface area contributed by atoms with Gasteiger partial charge in [-0.05, 0) is 12.8 Å². The quantitative estimate of drug-likeness (QED) is 0.415. The van der Waals surface area contributed by atoms with Gasteiger partial charge in [-0.2, -0.15) is 9.35 Å². The molecule has 12 heteroatoms. The lowest BCUT2D eigenvalue weighted by Crippen LogP contribution is -2.35. The number of nitrogens with zero attached hydrogens (tertiary/aromatic N) is 5. The zero-order valence-electron chi connectivity index (χ0n) is 13.7. The molecule has 2 amide bonds. The third-order valence-electron chi connectivity index (χ3n) is 4.45. The second-order valence-corrected chi connectivity index (χ2v) is 8.16. The number of hydroxylamine groups is 2. The molecular formula is C14H15N5O5S2. The highest BCUT2D eigenvalue weighted by molar-refractivity contribution is 7.80. The number of rotatable bonds is 4. The number of carbonyl (C=O) groups is 1. The van der Waals surface area contributed by atoms with Gasteiger partial charge < -0.3 is 9.45 Å². The van der Waals surface area contributed by atoms with E-state index < -0.39 is 22.5 Å². The molecule has 0 N–H and O–H groups in total. The number of urea groups is 1. The summed E-state index contributed by atoms with van der Waals surface area (Å²) in [6.45, 7) is 0.287. The van der Waals surface area contributed by atoms with E-state index in [2.05, 4.69) is 14.5 Å². The summed E-state index contributed by atoms with van der Waals surface area (Å²) in [5, 5.41) is 10.5. The first-order valence-corrected chi connectivity index (χ1v) is 10.0. The van der Waals surface area contributed by atoms with Gasteiger partial charge in [-0.1, -0.05) is 11.3 Å². The van der Waals surface area contributed by atoms with E-state index in [0.717, 1.165) is 10.6 Å². The average Bonchev–Trinajstić information content (AvgIpc) is 3.15. The van der Waals surface area contributed by atoms with Gasteiger partial charge >= 0.3 is 6.03 Å². The molecule has 0 aliphatic carbocycles. The van der Waals surface area contributed by atoms with Gasteiger partial charge in [-0.25, -0.2) is 17.8 Å². The minimum Gasteiger partial charge on any atom is -0.724 e. The number of piperidine rings is 1. The van der Waals surface area contributed by atoms with Crippen molar-refractivity contribution in [3.05, 3.63) is 29.5 Å². The number of amides is 2. The van der Waals surface area contributed by atoms with Crippen LogP contribution in [0.3, 0.4) is 0 Å². The van der Waals surface area contributed by atoms with Crippen molar-refractivity contribution in [3.63, 3.8) is 0 Å². The first kappa shape index (κ1) is 17.3. The maximum absolute atomic E-state index is 12.4. The van der Waals surface area contributed by atoms with Gasteiger partial charge in [-0.3, -0.25) is 0 Å². The molecule has 2 aromatic heterocycles. The summed E-state index contributed by atoms with van der Waals surface area (Å²) in [5.41, 5.74) is 0.927. The van der Waals surface area contributed by atoms with E-state index in [1.54, 1.807) is 0 Å². The molecule has 4 rings (SSSR count). The lowest BCUT2D eigenvalue weighted by Gasteiger charge is -2.28. The standard InChI is InChI=1S/C14H15N5O5S2/c1-17-6-4-9(5-7-17)12-15-16-13(25-12)11-3-2-10-8-18(11)14(20)19(10)24-26(21,22)23/h4-7,10-11H,2-3,8H2,1H3. The molecule has 0 radical (unpaired) electrons. The number of aromatic nitrogens is 3. The zero-order chi connectivity index (χ0) is 18.5. The van der Waals surface area contributed by atoms with Crippen LogP contribution >= 0.6 is 11.3 Å². The molecular weight excluding hydrogens is 382 g/mol. The minimum absolute atomic E-state index is 0.287. The SMILES string of the molecule is C[n+]1ccc(-c2nnc(C3CCC4CN3C(=O)N4OS(=O)(=O)[O-])s2)cc1. The van der Waals surface area contributed by atoms with Crippen LogP contribution in [0.5, 0.6) is 0 Å². The van der Waals surface area contributed by atoms with E-state index >= 15 is 0 Å². The van der Waals surface area contributed by atoms with Gasteiger partial charge in [0, 0.05) is 24.2 Å². The Morgan fingerprint density at radius 3 is 2.73 bits per heavy atom. The van der Waals surface area contributed by atoms with E-state index in [1.807, 2.05) is 36.1 Å². The van der Waals surface area contributed by atoms with Crippen molar-refractivity contribution in [2.45, 2.75) is 24.9 Å². The average molecular weight is 397 g/mol. The van der Waals surface area contributed by atoms with Gasteiger partial charge in [-0.15, -0.1) is 10.2 Å². The topological polar surface area (TPSA) is 120 Å². The fourth-order valence-corrected chi connectivity index (χ4v) is 4.59. The van der Waals surface area contributed by atoms with Gasteiger partial charge in [0.25, 0.3) is 0 Å². The molecule has 0 aromatic carbocycles. The molecule has 2 saturated heterocycles. The Kier molecular flexibility index (Phi) is 4.14. The molecule has 2 aliphatic rings. The van der Waals surface area contributed by atoms with Crippen LogP contribution in [0.2, 0.25) is 0 Å². The van der Waals surface area contributed by atoms with Crippen molar-refractivity contribution in [2.24, 2.45) is 7.05 Å². The molecule has 2 atom stereocenters. The summed E-state index contributed by atoms with van der Waals surface area (Å²) < 4.78 is 38.8. The number of fused-ring (bicyclic) bond motifs is 2. The monoisotopic (exact) mass is 397 g/mol. The summed E-state index contributed by atoms with van der Waals surface area (Å²) in [6, 6.07) is 2.45. The highest BCUT2D eigenvalue weighted by Crippen LogP contribution is 2.40. The Bertz CT molecular complexity index is 945. The van der Waals surface area contributed by atoms with Gasteiger partial charge in [0.05, 0.1) is 12.1 Å². The summed E-state index contributed by atoms with van der Waals surface area (Å²) in [4.78, 5) is 13.9. The van der Waals surface area contributed by atoms with Crippen LogP contribution < -0.4 is 4.57 Å². The Morgan fingerprint density at radius 1 is 1.31 bits per heavy atom. The highest BCUT2D eigenvalue weighted by Gasteiger charge is 2.48. The molecule has 2 bridgehead atoms. The molecule has 26 heavy (non-hydrogen) atoms. The molecule has 4 heterocycles. The maximum Gasteiger partial charge on any atom is 0.346 e. The number of carbonyl (C=O) groups excluding carboxylic acids is 1. The van der Waals surface area contributed by atoms with Crippen molar-refractivity contribution in [3.8, 4) is 10.6 Å². The van der Waals surface area contributed by atoms with Crippen LogP contribution in [0.15, 0.2) is 24.5 Å². The highest BCUT2D eigenvalue weighted by atomic mass is 32.3. The molecule has 0 spiro atoms. The zero-order valence-corrected chi connectivity index (χ0v) is 15.3. The Labute approximate surface area is 153 Å². The van der Waals surface area contributed by atoms with Gasteiger partial charge in [0.15, 0.2) is 12.4 Å². The Morgan fingerprint density at radius 2 is 2.04 bits per heavy atom. The molecule has 10 nitrogen and oxygen atoms in total.